The summed E-state index contributed by atoms with van der Waals surface area (Å²) in [7, 11) is 0. The Morgan fingerprint density at radius 1 is 1.41 bits per heavy atom. The summed E-state index contributed by atoms with van der Waals surface area (Å²) in [6, 6.07) is 0. The SMILES string of the molecule is CCOC(=CC=O)OC(=O)C1(C(F)(F)F)CC1. The number of carbonyl (C=O) groups is 2. The highest BCUT2D eigenvalue weighted by atomic mass is 19.4. The number of alkyl halides is 3. The van der Waals surface area contributed by atoms with Gasteiger partial charge in [-0.1, -0.05) is 0 Å². The average Bonchev–Trinajstić information content (AvgIpc) is 2.97. The van der Waals surface area contributed by atoms with Gasteiger partial charge in [0.2, 0.25) is 0 Å². The molecule has 1 rings (SSSR count). The zero-order valence-corrected chi connectivity index (χ0v) is 9.04. The zero-order valence-electron chi connectivity index (χ0n) is 9.04. The molecule has 0 N–H and O–H groups in total. The van der Waals surface area contributed by atoms with Gasteiger partial charge in [-0.2, -0.15) is 13.2 Å². The van der Waals surface area contributed by atoms with Gasteiger partial charge >= 0.3 is 12.1 Å². The Kier molecular flexibility index (Phi) is 3.79. The Bertz CT molecular complexity index is 342. The van der Waals surface area contributed by atoms with Gasteiger partial charge in [-0.05, 0) is 19.8 Å². The van der Waals surface area contributed by atoms with Gasteiger partial charge in [-0.3, -0.25) is 9.59 Å². The molecule has 0 heterocycles. The summed E-state index contributed by atoms with van der Waals surface area (Å²) >= 11 is 0. The molecule has 1 saturated carbocycles. The van der Waals surface area contributed by atoms with Crippen molar-refractivity contribution in [1.82, 2.24) is 0 Å². The Balaban J connectivity index is 2.72. The number of halogens is 3. The van der Waals surface area contributed by atoms with Gasteiger partial charge in [0, 0.05) is 0 Å². The lowest BCUT2D eigenvalue weighted by atomic mass is 10.1. The van der Waals surface area contributed by atoms with Crippen LogP contribution in [0.3, 0.4) is 0 Å². The molecule has 4 nitrogen and oxygen atoms in total. The van der Waals surface area contributed by atoms with Crippen molar-refractivity contribution in [3.8, 4) is 0 Å². The van der Waals surface area contributed by atoms with Crippen molar-refractivity contribution in [2.75, 3.05) is 6.61 Å². The standard InChI is InChI=1S/C10H11F3O4/c1-2-16-7(3-6-14)17-8(15)9(4-5-9)10(11,12)13/h3,6H,2,4-5H2,1H3. The molecule has 1 fully saturated rings. The lowest BCUT2D eigenvalue weighted by molar-refractivity contribution is -0.206. The highest BCUT2D eigenvalue weighted by molar-refractivity contribution is 5.82. The molecule has 0 aromatic rings. The number of rotatable bonds is 5. The molecule has 96 valence electrons. The minimum atomic E-state index is -4.64. The first-order valence-electron chi connectivity index (χ1n) is 4.94. The van der Waals surface area contributed by atoms with Crippen molar-refractivity contribution in [1.29, 1.82) is 0 Å². The fraction of sp³-hybridized carbons (Fsp3) is 0.600. The topological polar surface area (TPSA) is 52.6 Å². The van der Waals surface area contributed by atoms with Gasteiger partial charge in [0.25, 0.3) is 5.95 Å². The van der Waals surface area contributed by atoms with Crippen LogP contribution in [0.15, 0.2) is 12.0 Å². The van der Waals surface area contributed by atoms with Gasteiger partial charge in [-0.25, -0.2) is 0 Å². The Morgan fingerprint density at radius 2 is 2.00 bits per heavy atom. The highest BCUT2D eigenvalue weighted by Gasteiger charge is 2.70. The molecule has 0 aromatic heterocycles. The van der Waals surface area contributed by atoms with E-state index in [1.807, 2.05) is 0 Å². The first-order valence-corrected chi connectivity index (χ1v) is 4.94. The number of hydrogen-bond acceptors (Lipinski definition) is 4. The average molecular weight is 252 g/mol. The summed E-state index contributed by atoms with van der Waals surface area (Å²) < 4.78 is 46.8. The summed E-state index contributed by atoms with van der Waals surface area (Å²) in [5, 5.41) is 0. The summed E-state index contributed by atoms with van der Waals surface area (Å²) in [4.78, 5) is 21.5. The number of carbonyl (C=O) groups excluding carboxylic acids is 2. The lowest BCUT2D eigenvalue weighted by Crippen LogP contribution is -2.34. The fourth-order valence-corrected chi connectivity index (χ4v) is 1.23. The Labute approximate surface area is 95.4 Å². The second-order valence-electron chi connectivity index (χ2n) is 3.52. The minimum absolute atomic E-state index is 0.0754. The highest BCUT2D eigenvalue weighted by Crippen LogP contribution is 2.58. The van der Waals surface area contributed by atoms with Crippen molar-refractivity contribution in [2.45, 2.75) is 25.9 Å². The second kappa shape index (κ2) is 4.77. The van der Waals surface area contributed by atoms with Crippen LogP contribution in [0.5, 0.6) is 0 Å². The maximum atomic E-state index is 12.5. The van der Waals surface area contributed by atoms with Crippen LogP contribution in [0, 0.1) is 5.41 Å². The van der Waals surface area contributed by atoms with Crippen LogP contribution < -0.4 is 0 Å². The maximum absolute atomic E-state index is 12.5. The largest absolute Gasteiger partial charge is 0.465 e. The molecule has 7 heteroatoms. The van der Waals surface area contributed by atoms with Crippen LogP contribution in [0.2, 0.25) is 0 Å². The van der Waals surface area contributed by atoms with Gasteiger partial charge in [0.15, 0.2) is 5.41 Å². The number of aldehydes is 1. The monoisotopic (exact) mass is 252 g/mol. The van der Waals surface area contributed by atoms with E-state index >= 15 is 0 Å². The first-order chi connectivity index (χ1) is 7.87. The molecule has 0 aromatic carbocycles. The van der Waals surface area contributed by atoms with E-state index in [0.29, 0.717) is 0 Å². The molecule has 1 aliphatic rings. The molecular weight excluding hydrogens is 241 g/mol. The predicted molar refractivity (Wildman–Crippen MR) is 49.6 cm³/mol. The van der Waals surface area contributed by atoms with E-state index < -0.39 is 23.5 Å². The van der Waals surface area contributed by atoms with Crippen molar-refractivity contribution in [3.63, 3.8) is 0 Å². The molecule has 0 radical (unpaired) electrons. The smallest absolute Gasteiger partial charge is 0.404 e. The van der Waals surface area contributed by atoms with E-state index in [4.69, 9.17) is 4.74 Å². The third-order valence-corrected chi connectivity index (χ3v) is 2.37. The molecule has 17 heavy (non-hydrogen) atoms. The molecule has 0 unspecified atom stereocenters. The van der Waals surface area contributed by atoms with Gasteiger partial charge in [0.1, 0.15) is 6.29 Å². The van der Waals surface area contributed by atoms with Gasteiger partial charge in [-0.15, -0.1) is 0 Å². The zero-order chi connectivity index (χ0) is 13.1. The maximum Gasteiger partial charge on any atom is 0.404 e. The lowest BCUT2D eigenvalue weighted by Gasteiger charge is -2.18. The van der Waals surface area contributed by atoms with Gasteiger partial charge < -0.3 is 9.47 Å². The summed E-state index contributed by atoms with van der Waals surface area (Å²) in [6.07, 6.45) is -4.20. The number of ether oxygens (including phenoxy) is 2. The molecule has 1 aliphatic carbocycles. The van der Waals surface area contributed by atoms with Crippen LogP contribution in [-0.4, -0.2) is 25.0 Å². The van der Waals surface area contributed by atoms with Crippen molar-refractivity contribution in [3.05, 3.63) is 12.0 Å². The Morgan fingerprint density at radius 3 is 2.35 bits per heavy atom. The number of hydrogen-bond donors (Lipinski definition) is 0. The van der Waals surface area contributed by atoms with E-state index in [-0.39, 0.29) is 25.7 Å². The normalized spacial score (nSPS) is 18.5. The molecule has 0 spiro atoms. The first kappa shape index (κ1) is 13.5. The molecule has 0 amide bonds. The van der Waals surface area contributed by atoms with Crippen molar-refractivity contribution in [2.24, 2.45) is 5.41 Å². The van der Waals surface area contributed by atoms with E-state index in [9.17, 15) is 22.8 Å². The summed E-state index contributed by atoms with van der Waals surface area (Å²) in [5.41, 5.74) is -2.42. The van der Waals surface area contributed by atoms with E-state index in [1.165, 1.54) is 0 Å². The van der Waals surface area contributed by atoms with E-state index in [2.05, 4.69) is 4.74 Å². The fourth-order valence-electron chi connectivity index (χ4n) is 1.23. The number of allylic oxidation sites excluding steroid dienone is 1. The van der Waals surface area contributed by atoms with E-state index in [0.717, 1.165) is 6.08 Å². The van der Waals surface area contributed by atoms with Crippen LogP contribution in [0.25, 0.3) is 0 Å². The van der Waals surface area contributed by atoms with Crippen LogP contribution in [0.4, 0.5) is 13.2 Å². The van der Waals surface area contributed by atoms with E-state index in [1.54, 1.807) is 6.92 Å². The van der Waals surface area contributed by atoms with Crippen LogP contribution >= 0.6 is 0 Å². The third kappa shape index (κ3) is 2.78. The molecule has 0 saturated heterocycles. The van der Waals surface area contributed by atoms with Gasteiger partial charge in [0.05, 0.1) is 12.7 Å². The molecule has 0 atom stereocenters. The summed E-state index contributed by atoms with van der Waals surface area (Å²) in [6.45, 7) is 1.62. The quantitative estimate of drug-likeness (QED) is 0.325. The molecule has 0 bridgehead atoms. The Hall–Kier alpha value is -1.53. The van der Waals surface area contributed by atoms with Crippen LogP contribution in [-0.2, 0) is 19.1 Å². The molecule has 0 aliphatic heterocycles. The van der Waals surface area contributed by atoms with Crippen LogP contribution in [0.1, 0.15) is 19.8 Å². The van der Waals surface area contributed by atoms with Crippen molar-refractivity contribution < 1.29 is 32.2 Å². The number of esters is 1. The third-order valence-electron chi connectivity index (χ3n) is 2.37. The van der Waals surface area contributed by atoms with Crippen molar-refractivity contribution >= 4 is 12.3 Å². The minimum Gasteiger partial charge on any atom is -0.465 e. The summed E-state index contributed by atoms with van der Waals surface area (Å²) in [5.74, 6) is -1.94. The predicted octanol–water partition coefficient (Wildman–Crippen LogP) is 1.95. The second-order valence-corrected chi connectivity index (χ2v) is 3.52. The molecular formula is C10H11F3O4.